The van der Waals surface area contributed by atoms with Gasteiger partial charge >= 0.3 is 0 Å². The average molecular weight is 246 g/mol. The molecule has 0 aromatic rings. The van der Waals surface area contributed by atoms with Gasteiger partial charge in [0.05, 0.1) is 25.9 Å². The summed E-state index contributed by atoms with van der Waals surface area (Å²) in [4.78, 5) is 2.26. The Morgan fingerprint density at radius 1 is 1.47 bits per heavy atom. The number of aliphatic hydroxyl groups excluding tert-OH is 1. The quantitative estimate of drug-likeness (QED) is 0.603. The number of nitrogens with two attached hydrogens (primary N) is 1. The highest BCUT2D eigenvalue weighted by atomic mass is 16.5. The van der Waals surface area contributed by atoms with E-state index in [1.165, 1.54) is 0 Å². The number of hydrogen-bond acceptors (Lipinski definition) is 5. The van der Waals surface area contributed by atoms with Crippen molar-refractivity contribution in [2.75, 3.05) is 46.6 Å². The standard InChI is InChI=1S/C12H26N2O3/c1-10-7-14(4-3-12(10)13)8-11(15)9-17-6-5-16-2/h10-12,15H,3-9,13H2,1-2H3. The normalized spacial score (nSPS) is 28.2. The number of methoxy groups -OCH3 is 1. The van der Waals surface area contributed by atoms with E-state index >= 15 is 0 Å². The highest BCUT2D eigenvalue weighted by molar-refractivity contribution is 4.81. The molecule has 102 valence electrons. The summed E-state index contributed by atoms with van der Waals surface area (Å²) in [5, 5.41) is 9.81. The van der Waals surface area contributed by atoms with Crippen LogP contribution in [-0.2, 0) is 9.47 Å². The highest BCUT2D eigenvalue weighted by Crippen LogP contribution is 2.14. The van der Waals surface area contributed by atoms with Crippen molar-refractivity contribution in [3.63, 3.8) is 0 Å². The molecule has 1 aliphatic heterocycles. The zero-order chi connectivity index (χ0) is 12.7. The lowest BCUT2D eigenvalue weighted by Gasteiger charge is -2.35. The van der Waals surface area contributed by atoms with Crippen LogP contribution in [0.5, 0.6) is 0 Å². The lowest BCUT2D eigenvalue weighted by atomic mass is 9.95. The molecule has 0 aromatic carbocycles. The van der Waals surface area contributed by atoms with Gasteiger partial charge in [0, 0.05) is 26.2 Å². The summed E-state index contributed by atoms with van der Waals surface area (Å²) in [6, 6.07) is 0.307. The van der Waals surface area contributed by atoms with E-state index in [1.54, 1.807) is 7.11 Å². The highest BCUT2D eigenvalue weighted by Gasteiger charge is 2.24. The molecule has 3 unspecified atom stereocenters. The van der Waals surface area contributed by atoms with Gasteiger partial charge < -0.3 is 25.2 Å². The molecule has 1 heterocycles. The predicted molar refractivity (Wildman–Crippen MR) is 66.9 cm³/mol. The molecular formula is C12H26N2O3. The molecule has 17 heavy (non-hydrogen) atoms. The maximum atomic E-state index is 9.81. The van der Waals surface area contributed by atoms with Gasteiger partial charge in [-0.15, -0.1) is 0 Å². The molecule has 0 aromatic heterocycles. The SMILES string of the molecule is COCCOCC(O)CN1CCC(N)C(C)C1. The summed E-state index contributed by atoms with van der Waals surface area (Å²) in [6.07, 6.45) is 0.590. The second-order valence-electron chi connectivity index (χ2n) is 4.91. The van der Waals surface area contributed by atoms with Gasteiger partial charge in [-0.2, -0.15) is 0 Å². The van der Waals surface area contributed by atoms with E-state index in [0.29, 0.717) is 38.3 Å². The summed E-state index contributed by atoms with van der Waals surface area (Å²) in [7, 11) is 1.64. The van der Waals surface area contributed by atoms with E-state index in [1.807, 2.05) is 0 Å². The zero-order valence-corrected chi connectivity index (χ0v) is 11.0. The van der Waals surface area contributed by atoms with Crippen molar-refractivity contribution < 1.29 is 14.6 Å². The molecule has 1 fully saturated rings. The summed E-state index contributed by atoms with van der Waals surface area (Å²) >= 11 is 0. The summed E-state index contributed by atoms with van der Waals surface area (Å²) in [5.41, 5.74) is 5.96. The average Bonchev–Trinajstić information content (AvgIpc) is 2.30. The van der Waals surface area contributed by atoms with E-state index in [4.69, 9.17) is 15.2 Å². The Labute approximate surface area is 104 Å². The first-order valence-corrected chi connectivity index (χ1v) is 6.36. The van der Waals surface area contributed by atoms with Gasteiger partial charge in [0.1, 0.15) is 0 Å². The van der Waals surface area contributed by atoms with E-state index in [9.17, 15) is 5.11 Å². The molecule has 5 heteroatoms. The topological polar surface area (TPSA) is 68.0 Å². The number of hydrogen-bond donors (Lipinski definition) is 2. The number of β-amino-alcohol motifs (C(OH)–C–C–N with tert-alkyl or cyclic N) is 1. The third-order valence-electron chi connectivity index (χ3n) is 3.27. The van der Waals surface area contributed by atoms with E-state index in [2.05, 4.69) is 11.8 Å². The van der Waals surface area contributed by atoms with Crippen LogP contribution < -0.4 is 5.73 Å². The van der Waals surface area contributed by atoms with Crippen molar-refractivity contribution in [1.82, 2.24) is 4.90 Å². The minimum Gasteiger partial charge on any atom is -0.389 e. The number of nitrogens with zero attached hydrogens (tertiary/aromatic N) is 1. The van der Waals surface area contributed by atoms with Crippen molar-refractivity contribution in [1.29, 1.82) is 0 Å². The van der Waals surface area contributed by atoms with Gasteiger partial charge in [-0.25, -0.2) is 0 Å². The van der Waals surface area contributed by atoms with Crippen molar-refractivity contribution in [3.8, 4) is 0 Å². The third-order valence-corrected chi connectivity index (χ3v) is 3.27. The maximum Gasteiger partial charge on any atom is 0.0900 e. The molecule has 0 spiro atoms. The smallest absolute Gasteiger partial charge is 0.0900 e. The lowest BCUT2D eigenvalue weighted by Crippen LogP contribution is -2.48. The monoisotopic (exact) mass is 246 g/mol. The lowest BCUT2D eigenvalue weighted by molar-refractivity contribution is -0.00624. The number of aliphatic hydroxyl groups is 1. The Balaban J connectivity index is 2.11. The maximum absolute atomic E-state index is 9.81. The Morgan fingerprint density at radius 3 is 2.88 bits per heavy atom. The van der Waals surface area contributed by atoms with E-state index in [0.717, 1.165) is 19.5 Å². The predicted octanol–water partition coefficient (Wildman–Crippen LogP) is -0.321. The van der Waals surface area contributed by atoms with Gasteiger partial charge in [0.25, 0.3) is 0 Å². The summed E-state index contributed by atoms with van der Waals surface area (Å²) in [6.45, 7) is 6.26. The first kappa shape index (κ1) is 14.9. The van der Waals surface area contributed by atoms with Crippen molar-refractivity contribution >= 4 is 0 Å². The fraction of sp³-hybridized carbons (Fsp3) is 1.00. The molecule has 0 aliphatic carbocycles. The van der Waals surface area contributed by atoms with Gasteiger partial charge in [0.15, 0.2) is 0 Å². The molecule has 5 nitrogen and oxygen atoms in total. The Kier molecular flexibility index (Phi) is 6.99. The van der Waals surface area contributed by atoms with Gasteiger partial charge in [-0.1, -0.05) is 6.92 Å². The Bertz CT molecular complexity index is 204. The van der Waals surface area contributed by atoms with Crippen LogP contribution in [0, 0.1) is 5.92 Å². The number of likely N-dealkylation sites (tertiary alicyclic amines) is 1. The summed E-state index contributed by atoms with van der Waals surface area (Å²) in [5.74, 6) is 0.505. The minimum absolute atomic E-state index is 0.307. The van der Waals surface area contributed by atoms with Crippen LogP contribution in [0.4, 0.5) is 0 Å². The fourth-order valence-electron chi connectivity index (χ4n) is 2.13. The molecule has 3 atom stereocenters. The van der Waals surface area contributed by atoms with Crippen LogP contribution in [0.3, 0.4) is 0 Å². The number of piperidine rings is 1. The van der Waals surface area contributed by atoms with Crippen molar-refractivity contribution in [2.24, 2.45) is 11.7 Å². The third kappa shape index (κ3) is 5.79. The molecule has 0 amide bonds. The molecule has 0 bridgehead atoms. The van der Waals surface area contributed by atoms with Crippen LogP contribution in [0.1, 0.15) is 13.3 Å². The van der Waals surface area contributed by atoms with Gasteiger partial charge in [-0.05, 0) is 18.9 Å². The zero-order valence-electron chi connectivity index (χ0n) is 11.0. The van der Waals surface area contributed by atoms with Crippen LogP contribution in [-0.4, -0.2) is 68.7 Å². The molecule has 0 radical (unpaired) electrons. The second-order valence-corrected chi connectivity index (χ2v) is 4.91. The first-order valence-electron chi connectivity index (χ1n) is 6.36. The Hall–Kier alpha value is -0.200. The molecule has 0 saturated carbocycles. The minimum atomic E-state index is -0.423. The largest absolute Gasteiger partial charge is 0.389 e. The van der Waals surface area contributed by atoms with Crippen molar-refractivity contribution in [2.45, 2.75) is 25.5 Å². The van der Waals surface area contributed by atoms with Gasteiger partial charge in [-0.3, -0.25) is 0 Å². The number of rotatable bonds is 7. The molecule has 1 saturated heterocycles. The second kappa shape index (κ2) is 8.00. The molecule has 3 N–H and O–H groups in total. The number of ether oxygens (including phenoxy) is 2. The van der Waals surface area contributed by atoms with E-state index < -0.39 is 6.10 Å². The Morgan fingerprint density at radius 2 is 2.24 bits per heavy atom. The summed E-state index contributed by atoms with van der Waals surface area (Å²) < 4.78 is 10.2. The van der Waals surface area contributed by atoms with Crippen molar-refractivity contribution in [3.05, 3.63) is 0 Å². The van der Waals surface area contributed by atoms with Crippen LogP contribution in [0.15, 0.2) is 0 Å². The molecule has 1 aliphatic rings. The van der Waals surface area contributed by atoms with Gasteiger partial charge in [0.2, 0.25) is 0 Å². The van der Waals surface area contributed by atoms with Crippen LogP contribution >= 0.6 is 0 Å². The van der Waals surface area contributed by atoms with Crippen LogP contribution in [0.2, 0.25) is 0 Å². The van der Waals surface area contributed by atoms with E-state index in [-0.39, 0.29) is 0 Å². The molecular weight excluding hydrogens is 220 g/mol. The molecule has 1 rings (SSSR count). The fourth-order valence-corrected chi connectivity index (χ4v) is 2.13. The first-order chi connectivity index (χ1) is 8.13. The van der Waals surface area contributed by atoms with Crippen LogP contribution in [0.25, 0.3) is 0 Å².